The van der Waals surface area contributed by atoms with Gasteiger partial charge in [-0.15, -0.1) is 0 Å². The lowest BCUT2D eigenvalue weighted by Gasteiger charge is -2.22. The maximum Gasteiger partial charge on any atom is 0.161 e. The predicted octanol–water partition coefficient (Wildman–Crippen LogP) is 3.71. The van der Waals surface area contributed by atoms with Crippen molar-refractivity contribution in [1.29, 1.82) is 0 Å². The van der Waals surface area contributed by atoms with E-state index in [9.17, 15) is 0 Å². The van der Waals surface area contributed by atoms with Crippen LogP contribution in [0, 0.1) is 0 Å². The molecule has 1 aromatic heterocycles. The third kappa shape index (κ3) is 3.07. The number of ether oxygens (including phenoxy) is 2. The van der Waals surface area contributed by atoms with Crippen LogP contribution >= 0.6 is 0 Å². The van der Waals surface area contributed by atoms with Crippen LogP contribution in [-0.2, 0) is 0 Å². The number of methoxy groups -OCH3 is 2. The highest BCUT2D eigenvalue weighted by atomic mass is 16.5. The number of hydrogen-bond donors (Lipinski definition) is 2. The lowest BCUT2D eigenvalue weighted by molar-refractivity contribution is 0.355. The number of benzene rings is 2. The summed E-state index contributed by atoms with van der Waals surface area (Å²) in [6.45, 7) is 2.20. The zero-order chi connectivity index (χ0) is 17.2. The molecule has 1 saturated heterocycles. The number of imidazole rings is 1. The first-order chi connectivity index (χ1) is 12.3. The standard InChI is InChI=1S/C20H23N3O2/c1-24-18-6-4-15(12-19(18)25-2)20-22-16-5-3-14(11-17(16)23-20)13-7-9-21-10-8-13/h3-6,11-13,21H,7-10H2,1-2H3,(H,22,23). The zero-order valence-electron chi connectivity index (χ0n) is 14.6. The Labute approximate surface area is 147 Å². The largest absolute Gasteiger partial charge is 0.493 e. The van der Waals surface area contributed by atoms with E-state index in [0.29, 0.717) is 11.7 Å². The summed E-state index contributed by atoms with van der Waals surface area (Å²) in [6.07, 6.45) is 2.39. The quantitative estimate of drug-likeness (QED) is 0.762. The molecule has 4 rings (SSSR count). The maximum atomic E-state index is 5.40. The molecular weight excluding hydrogens is 314 g/mol. The Morgan fingerprint density at radius 3 is 2.52 bits per heavy atom. The van der Waals surface area contributed by atoms with Crippen LogP contribution in [0.2, 0.25) is 0 Å². The van der Waals surface area contributed by atoms with Gasteiger partial charge in [0.25, 0.3) is 0 Å². The van der Waals surface area contributed by atoms with Crippen molar-refractivity contribution in [3.63, 3.8) is 0 Å². The summed E-state index contributed by atoms with van der Waals surface area (Å²) < 4.78 is 10.7. The third-order valence-corrected chi connectivity index (χ3v) is 4.97. The second-order valence-electron chi connectivity index (χ2n) is 6.46. The lowest BCUT2D eigenvalue weighted by Crippen LogP contribution is -2.26. The summed E-state index contributed by atoms with van der Waals surface area (Å²) in [5.74, 6) is 2.91. The smallest absolute Gasteiger partial charge is 0.161 e. The van der Waals surface area contributed by atoms with E-state index in [-0.39, 0.29) is 0 Å². The molecule has 0 unspecified atom stereocenters. The second kappa shape index (κ2) is 6.76. The molecule has 0 spiro atoms. The molecule has 1 aliphatic rings. The Morgan fingerprint density at radius 1 is 0.960 bits per heavy atom. The minimum atomic E-state index is 0.637. The Hall–Kier alpha value is -2.53. The molecule has 0 radical (unpaired) electrons. The normalized spacial score (nSPS) is 15.4. The van der Waals surface area contributed by atoms with Crippen LogP contribution in [0.15, 0.2) is 36.4 Å². The van der Waals surface area contributed by atoms with Gasteiger partial charge in [-0.05, 0) is 67.7 Å². The summed E-state index contributed by atoms with van der Waals surface area (Å²) in [5, 5.41) is 3.43. The number of fused-ring (bicyclic) bond motifs is 1. The van der Waals surface area contributed by atoms with E-state index in [2.05, 4.69) is 28.5 Å². The molecule has 0 atom stereocenters. The highest BCUT2D eigenvalue weighted by molar-refractivity contribution is 5.80. The molecule has 2 N–H and O–H groups in total. The van der Waals surface area contributed by atoms with Gasteiger partial charge in [-0.2, -0.15) is 0 Å². The van der Waals surface area contributed by atoms with Gasteiger partial charge in [-0.25, -0.2) is 4.98 Å². The first-order valence-electron chi connectivity index (χ1n) is 8.71. The SMILES string of the molecule is COc1ccc(-c2nc3ccc(C4CCNCC4)cc3[nH]2)cc1OC. The first-order valence-corrected chi connectivity index (χ1v) is 8.71. The molecule has 5 nitrogen and oxygen atoms in total. The zero-order valence-corrected chi connectivity index (χ0v) is 14.6. The Bertz CT molecular complexity index is 882. The highest BCUT2D eigenvalue weighted by Crippen LogP contribution is 2.33. The summed E-state index contributed by atoms with van der Waals surface area (Å²) in [7, 11) is 3.28. The van der Waals surface area contributed by atoms with Gasteiger partial charge in [0, 0.05) is 5.56 Å². The highest BCUT2D eigenvalue weighted by Gasteiger charge is 2.16. The van der Waals surface area contributed by atoms with Gasteiger partial charge in [0.2, 0.25) is 0 Å². The van der Waals surface area contributed by atoms with Crippen LogP contribution in [0.5, 0.6) is 11.5 Å². The average Bonchev–Trinajstić information content (AvgIpc) is 3.11. The number of piperidine rings is 1. The molecule has 2 aromatic carbocycles. The molecule has 2 heterocycles. The minimum absolute atomic E-state index is 0.637. The van der Waals surface area contributed by atoms with Crippen molar-refractivity contribution in [2.45, 2.75) is 18.8 Å². The van der Waals surface area contributed by atoms with Crippen molar-refractivity contribution in [2.75, 3.05) is 27.3 Å². The molecule has 130 valence electrons. The molecule has 25 heavy (non-hydrogen) atoms. The fraction of sp³-hybridized carbons (Fsp3) is 0.350. The van der Waals surface area contributed by atoms with Crippen LogP contribution in [0.25, 0.3) is 22.4 Å². The van der Waals surface area contributed by atoms with Gasteiger partial charge in [0.1, 0.15) is 5.82 Å². The van der Waals surface area contributed by atoms with E-state index in [1.54, 1.807) is 14.2 Å². The van der Waals surface area contributed by atoms with E-state index in [1.807, 2.05) is 18.2 Å². The van der Waals surface area contributed by atoms with Crippen molar-refractivity contribution in [3.05, 3.63) is 42.0 Å². The molecule has 3 aromatic rings. The van der Waals surface area contributed by atoms with E-state index >= 15 is 0 Å². The number of hydrogen-bond acceptors (Lipinski definition) is 4. The van der Waals surface area contributed by atoms with E-state index in [1.165, 1.54) is 18.4 Å². The van der Waals surface area contributed by atoms with E-state index in [4.69, 9.17) is 14.5 Å². The average molecular weight is 337 g/mol. The Balaban J connectivity index is 1.69. The molecule has 0 saturated carbocycles. The number of rotatable bonds is 4. The summed E-state index contributed by atoms with van der Waals surface area (Å²) in [6, 6.07) is 12.4. The number of H-pyrrole nitrogens is 1. The second-order valence-corrected chi connectivity index (χ2v) is 6.46. The van der Waals surface area contributed by atoms with Crippen LogP contribution in [0.1, 0.15) is 24.3 Å². The van der Waals surface area contributed by atoms with E-state index < -0.39 is 0 Å². The first kappa shape index (κ1) is 16.0. The van der Waals surface area contributed by atoms with Crippen molar-refractivity contribution in [2.24, 2.45) is 0 Å². The summed E-state index contributed by atoms with van der Waals surface area (Å²) >= 11 is 0. The molecule has 5 heteroatoms. The topological polar surface area (TPSA) is 59.2 Å². The van der Waals surface area contributed by atoms with Gasteiger partial charge < -0.3 is 19.8 Å². The van der Waals surface area contributed by atoms with Crippen LogP contribution in [0.4, 0.5) is 0 Å². The van der Waals surface area contributed by atoms with Crippen LogP contribution < -0.4 is 14.8 Å². The van der Waals surface area contributed by atoms with Gasteiger partial charge >= 0.3 is 0 Å². The predicted molar refractivity (Wildman–Crippen MR) is 99.5 cm³/mol. The third-order valence-electron chi connectivity index (χ3n) is 4.97. The Kier molecular flexibility index (Phi) is 4.32. The fourth-order valence-electron chi connectivity index (χ4n) is 3.56. The molecule has 1 fully saturated rings. The maximum absolute atomic E-state index is 5.40. The Morgan fingerprint density at radius 2 is 1.76 bits per heavy atom. The lowest BCUT2D eigenvalue weighted by atomic mass is 9.90. The van der Waals surface area contributed by atoms with Crippen LogP contribution in [0.3, 0.4) is 0 Å². The molecule has 0 bridgehead atoms. The number of nitrogens with one attached hydrogen (secondary N) is 2. The number of aromatic amines is 1. The minimum Gasteiger partial charge on any atom is -0.493 e. The molecule has 1 aliphatic heterocycles. The summed E-state index contributed by atoms with van der Waals surface area (Å²) in [5.41, 5.74) is 4.46. The van der Waals surface area contributed by atoms with Gasteiger partial charge in [-0.3, -0.25) is 0 Å². The number of nitrogens with zero attached hydrogens (tertiary/aromatic N) is 1. The molecular formula is C20H23N3O2. The van der Waals surface area contributed by atoms with E-state index in [0.717, 1.165) is 41.3 Å². The fourth-order valence-corrected chi connectivity index (χ4v) is 3.56. The van der Waals surface area contributed by atoms with Crippen molar-refractivity contribution < 1.29 is 9.47 Å². The van der Waals surface area contributed by atoms with Crippen molar-refractivity contribution in [1.82, 2.24) is 15.3 Å². The molecule has 0 amide bonds. The van der Waals surface area contributed by atoms with Crippen LogP contribution in [-0.4, -0.2) is 37.3 Å². The number of aromatic nitrogens is 2. The van der Waals surface area contributed by atoms with Crippen molar-refractivity contribution in [3.8, 4) is 22.9 Å². The van der Waals surface area contributed by atoms with Crippen molar-refractivity contribution >= 4 is 11.0 Å². The van der Waals surface area contributed by atoms with Gasteiger partial charge in [0.05, 0.1) is 25.3 Å². The summed E-state index contributed by atoms with van der Waals surface area (Å²) in [4.78, 5) is 8.19. The van der Waals surface area contributed by atoms with Gasteiger partial charge in [-0.1, -0.05) is 6.07 Å². The van der Waals surface area contributed by atoms with Gasteiger partial charge in [0.15, 0.2) is 11.5 Å². The molecule has 0 aliphatic carbocycles. The monoisotopic (exact) mass is 337 g/mol.